The number of primary amides is 1. The SMILES string of the molecule is CC(C)CC(NC(=O)C(CCCN=C(N)N)NC(=O)C(Cc1c[nH]c2ccccc12)NC(=O)C(N)CC(N)=O)C(=O)O. The Balaban J connectivity index is 2.33. The third-order valence-corrected chi connectivity index (χ3v) is 6.39. The Hall–Kier alpha value is -4.66. The van der Waals surface area contributed by atoms with Gasteiger partial charge in [-0.25, -0.2) is 4.79 Å². The lowest BCUT2D eigenvalue weighted by molar-refractivity contribution is -0.142. The van der Waals surface area contributed by atoms with E-state index in [0.717, 1.165) is 10.9 Å². The second kappa shape index (κ2) is 16.0. The summed E-state index contributed by atoms with van der Waals surface area (Å²) in [4.78, 5) is 69.7. The van der Waals surface area contributed by atoms with E-state index in [1.807, 2.05) is 38.1 Å². The van der Waals surface area contributed by atoms with Crippen LogP contribution in [-0.4, -0.2) is 76.4 Å². The third-order valence-electron chi connectivity index (χ3n) is 6.39. The average molecular weight is 588 g/mol. The number of aromatic amines is 1. The largest absolute Gasteiger partial charge is 0.480 e. The van der Waals surface area contributed by atoms with Gasteiger partial charge in [0.05, 0.1) is 12.5 Å². The van der Waals surface area contributed by atoms with Crippen LogP contribution < -0.4 is 38.9 Å². The molecular formula is C27H41N9O6. The Labute approximate surface area is 243 Å². The molecule has 0 aliphatic carbocycles. The predicted octanol–water partition coefficient (Wildman–Crippen LogP) is -1.45. The maximum absolute atomic E-state index is 13.6. The molecule has 0 saturated heterocycles. The second-order valence-corrected chi connectivity index (χ2v) is 10.4. The van der Waals surface area contributed by atoms with Gasteiger partial charge in [-0.2, -0.15) is 0 Å². The van der Waals surface area contributed by atoms with Crippen molar-refractivity contribution in [2.24, 2.45) is 33.8 Å². The number of hydrogen-bond acceptors (Lipinski definition) is 7. The van der Waals surface area contributed by atoms with Crippen LogP contribution in [0.2, 0.25) is 0 Å². The lowest BCUT2D eigenvalue weighted by atomic mass is 10.0. The number of aliphatic carboxylic acids is 1. The van der Waals surface area contributed by atoms with Crippen LogP contribution in [0.4, 0.5) is 0 Å². The number of rotatable bonds is 17. The van der Waals surface area contributed by atoms with Crippen molar-refractivity contribution in [3.63, 3.8) is 0 Å². The first kappa shape index (κ1) is 33.5. The summed E-state index contributed by atoms with van der Waals surface area (Å²) in [7, 11) is 0. The van der Waals surface area contributed by atoms with E-state index in [2.05, 4.69) is 25.9 Å². The minimum absolute atomic E-state index is 0.0122. The maximum atomic E-state index is 13.6. The Kier molecular flexibility index (Phi) is 12.7. The summed E-state index contributed by atoms with van der Waals surface area (Å²) in [5.74, 6) is -4.40. The highest BCUT2D eigenvalue weighted by molar-refractivity contribution is 5.95. The average Bonchev–Trinajstić information content (AvgIpc) is 3.31. The standard InChI is InChI=1S/C27H41N9O6/c1-14(2)10-21(26(41)42)36-24(39)19(8-5-9-32-27(30)31)34-25(40)20(35-23(38)17(28)12-22(29)37)11-15-13-33-18-7-4-3-6-16(15)18/h3-4,6-7,13-14,17,19-21,33H,5,8-12,28H2,1-2H3,(H2,29,37)(H,34,40)(H,35,38)(H,36,39)(H,41,42)(H4,30,31,32). The van der Waals surface area contributed by atoms with Crippen molar-refractivity contribution >= 4 is 46.5 Å². The molecule has 13 N–H and O–H groups in total. The van der Waals surface area contributed by atoms with Gasteiger partial charge >= 0.3 is 5.97 Å². The molecule has 2 rings (SSSR count). The number of carboxylic acids is 1. The number of aromatic nitrogens is 1. The molecule has 1 aromatic carbocycles. The molecule has 42 heavy (non-hydrogen) atoms. The number of guanidine groups is 1. The number of nitrogens with one attached hydrogen (secondary N) is 4. The van der Waals surface area contributed by atoms with E-state index in [1.165, 1.54) is 0 Å². The van der Waals surface area contributed by atoms with Gasteiger partial charge in [-0.3, -0.25) is 24.2 Å². The van der Waals surface area contributed by atoms with E-state index in [4.69, 9.17) is 22.9 Å². The first-order chi connectivity index (χ1) is 19.8. The molecule has 1 aromatic heterocycles. The molecule has 0 spiro atoms. The van der Waals surface area contributed by atoms with Crippen molar-refractivity contribution in [1.29, 1.82) is 0 Å². The number of aliphatic imine (C=N–C) groups is 1. The van der Waals surface area contributed by atoms with Gasteiger partial charge in [0.25, 0.3) is 0 Å². The van der Waals surface area contributed by atoms with Gasteiger partial charge in [-0.15, -0.1) is 0 Å². The highest BCUT2D eigenvalue weighted by Gasteiger charge is 2.31. The van der Waals surface area contributed by atoms with Crippen molar-refractivity contribution in [3.8, 4) is 0 Å². The molecule has 230 valence electrons. The van der Waals surface area contributed by atoms with Crippen LogP contribution in [0.5, 0.6) is 0 Å². The molecule has 0 saturated carbocycles. The number of nitrogens with zero attached hydrogens (tertiary/aromatic N) is 1. The number of fused-ring (bicyclic) bond motifs is 1. The van der Waals surface area contributed by atoms with Crippen molar-refractivity contribution in [3.05, 3.63) is 36.0 Å². The van der Waals surface area contributed by atoms with Gasteiger partial charge in [0.1, 0.15) is 18.1 Å². The molecule has 15 heteroatoms. The normalized spacial score (nSPS) is 13.9. The van der Waals surface area contributed by atoms with Crippen molar-refractivity contribution in [2.75, 3.05) is 6.54 Å². The first-order valence-corrected chi connectivity index (χ1v) is 13.6. The molecular weight excluding hydrogens is 546 g/mol. The van der Waals surface area contributed by atoms with Crippen molar-refractivity contribution in [2.45, 2.75) is 70.1 Å². The minimum Gasteiger partial charge on any atom is -0.480 e. The molecule has 0 aliphatic heterocycles. The zero-order valence-corrected chi connectivity index (χ0v) is 23.8. The van der Waals surface area contributed by atoms with Crippen molar-refractivity contribution < 1.29 is 29.1 Å². The number of benzene rings is 1. The Morgan fingerprint density at radius 2 is 1.55 bits per heavy atom. The molecule has 0 radical (unpaired) electrons. The second-order valence-electron chi connectivity index (χ2n) is 10.4. The number of carbonyl (C=O) groups excluding carboxylic acids is 4. The molecule has 2 aromatic rings. The summed E-state index contributed by atoms with van der Waals surface area (Å²) >= 11 is 0. The summed E-state index contributed by atoms with van der Waals surface area (Å²) in [5.41, 5.74) is 23.2. The number of para-hydroxylation sites is 1. The number of carbonyl (C=O) groups is 5. The van der Waals surface area contributed by atoms with E-state index in [1.54, 1.807) is 6.20 Å². The highest BCUT2D eigenvalue weighted by atomic mass is 16.4. The van der Waals surface area contributed by atoms with Crippen LogP contribution in [0.1, 0.15) is 45.1 Å². The molecule has 0 fully saturated rings. The van der Waals surface area contributed by atoms with Crippen LogP contribution in [0.3, 0.4) is 0 Å². The molecule has 1 heterocycles. The summed E-state index contributed by atoms with van der Waals surface area (Å²) in [6, 6.07) is 2.49. The van der Waals surface area contributed by atoms with E-state index < -0.39 is 60.2 Å². The van der Waals surface area contributed by atoms with Gasteiger partial charge in [-0.05, 0) is 36.8 Å². The van der Waals surface area contributed by atoms with Crippen LogP contribution in [0.25, 0.3) is 10.9 Å². The summed E-state index contributed by atoms with van der Waals surface area (Å²) in [5, 5.41) is 18.1. The first-order valence-electron chi connectivity index (χ1n) is 13.6. The number of nitrogens with two attached hydrogens (primary N) is 4. The van der Waals surface area contributed by atoms with Crippen LogP contribution in [-0.2, 0) is 30.4 Å². The Bertz CT molecular complexity index is 1290. The molecule has 0 aliphatic rings. The van der Waals surface area contributed by atoms with Gasteiger partial charge in [-0.1, -0.05) is 32.0 Å². The summed E-state index contributed by atoms with van der Waals surface area (Å²) in [6.07, 6.45) is 1.79. The maximum Gasteiger partial charge on any atom is 0.326 e. The van der Waals surface area contributed by atoms with E-state index >= 15 is 0 Å². The van der Waals surface area contributed by atoms with Gasteiger partial charge in [0.2, 0.25) is 23.6 Å². The number of carboxylic acid groups (broad SMARTS) is 1. The van der Waals surface area contributed by atoms with Crippen molar-refractivity contribution in [1.82, 2.24) is 20.9 Å². The smallest absolute Gasteiger partial charge is 0.326 e. The predicted molar refractivity (Wildman–Crippen MR) is 157 cm³/mol. The van der Waals surface area contributed by atoms with E-state index in [0.29, 0.717) is 5.56 Å². The lowest BCUT2D eigenvalue weighted by Crippen LogP contribution is -2.58. The summed E-state index contributed by atoms with van der Waals surface area (Å²) in [6.45, 7) is 3.79. The van der Waals surface area contributed by atoms with Gasteiger partial charge in [0, 0.05) is 30.1 Å². The number of H-pyrrole nitrogens is 1. The zero-order chi connectivity index (χ0) is 31.4. The van der Waals surface area contributed by atoms with Crippen LogP contribution >= 0.6 is 0 Å². The van der Waals surface area contributed by atoms with E-state index in [9.17, 15) is 29.1 Å². The molecule has 4 atom stereocenters. The fraction of sp³-hybridized carbons (Fsp3) is 0.481. The van der Waals surface area contributed by atoms with E-state index in [-0.39, 0.29) is 44.1 Å². The number of hydrogen-bond donors (Lipinski definition) is 9. The van der Waals surface area contributed by atoms with Gasteiger partial charge < -0.3 is 49.0 Å². The quantitative estimate of drug-likeness (QED) is 0.0594. The third kappa shape index (κ3) is 10.7. The Morgan fingerprint density at radius 3 is 2.17 bits per heavy atom. The monoisotopic (exact) mass is 587 g/mol. The Morgan fingerprint density at radius 1 is 0.929 bits per heavy atom. The molecule has 4 unspecified atom stereocenters. The fourth-order valence-corrected chi connectivity index (χ4v) is 4.33. The molecule has 4 amide bonds. The van der Waals surface area contributed by atoms with Gasteiger partial charge in [0.15, 0.2) is 5.96 Å². The van der Waals surface area contributed by atoms with Crippen LogP contribution in [0, 0.1) is 5.92 Å². The lowest BCUT2D eigenvalue weighted by Gasteiger charge is -2.25. The highest BCUT2D eigenvalue weighted by Crippen LogP contribution is 2.19. The zero-order valence-electron chi connectivity index (χ0n) is 23.8. The molecule has 15 nitrogen and oxygen atoms in total. The topological polar surface area (TPSA) is 274 Å². The summed E-state index contributed by atoms with van der Waals surface area (Å²) < 4.78 is 0. The molecule has 0 bridgehead atoms. The number of amides is 4. The fourth-order valence-electron chi connectivity index (χ4n) is 4.33. The minimum atomic E-state index is -1.30. The van der Waals surface area contributed by atoms with Crippen LogP contribution in [0.15, 0.2) is 35.5 Å².